The number of hydrogen-bond acceptors (Lipinski definition) is 4. The van der Waals surface area contributed by atoms with Crippen molar-refractivity contribution in [1.29, 1.82) is 0 Å². The molecule has 0 bridgehead atoms. The zero-order chi connectivity index (χ0) is 15.9. The maximum absolute atomic E-state index is 12.3. The number of hydrogen-bond donors (Lipinski definition) is 2. The van der Waals surface area contributed by atoms with Crippen LogP contribution in [-0.2, 0) is 11.3 Å². The predicted octanol–water partition coefficient (Wildman–Crippen LogP) is 1.79. The lowest BCUT2D eigenvalue weighted by Gasteiger charge is -2.08. The lowest BCUT2D eigenvalue weighted by molar-refractivity contribution is 0.0000232. The first kappa shape index (κ1) is 13.9. The largest absolute Gasteiger partial charge is 0.394 e. The molecule has 2 aromatic carbocycles. The Bertz CT molecular complexity index is 628. The summed E-state index contributed by atoms with van der Waals surface area (Å²) in [5.74, 6) is -0.186. The van der Waals surface area contributed by atoms with Gasteiger partial charge in [0.05, 0.1) is 21.2 Å². The van der Waals surface area contributed by atoms with Gasteiger partial charge in [0.2, 0.25) is 0 Å². The molecular weight excluding hydrogens is 268 g/mol. The SMILES string of the molecule is [2H]c1cc(COCC(O)CO)ccc1C(=O)c1ccccc1. The molecule has 2 aromatic rings. The van der Waals surface area contributed by atoms with E-state index < -0.39 is 6.10 Å². The van der Waals surface area contributed by atoms with Crippen LogP contribution in [0, 0.1) is 0 Å². The second-order valence-electron chi connectivity index (χ2n) is 4.66. The van der Waals surface area contributed by atoms with Crippen LogP contribution in [0.15, 0.2) is 54.6 Å². The van der Waals surface area contributed by atoms with Crippen molar-refractivity contribution in [1.82, 2.24) is 0 Å². The number of aliphatic hydroxyl groups excluding tert-OH is 2. The third-order valence-electron chi connectivity index (χ3n) is 2.95. The van der Waals surface area contributed by atoms with Gasteiger partial charge in [-0.2, -0.15) is 0 Å². The molecule has 1 atom stereocenters. The van der Waals surface area contributed by atoms with E-state index in [1.54, 1.807) is 42.5 Å². The van der Waals surface area contributed by atoms with Crippen molar-refractivity contribution >= 4 is 5.78 Å². The minimum Gasteiger partial charge on any atom is -0.394 e. The van der Waals surface area contributed by atoms with Crippen molar-refractivity contribution in [2.75, 3.05) is 13.2 Å². The monoisotopic (exact) mass is 287 g/mol. The molecular formula is C17H18O4. The third kappa shape index (κ3) is 4.49. The number of ether oxygens (including phenoxy) is 1. The fourth-order valence-electron chi connectivity index (χ4n) is 1.80. The van der Waals surface area contributed by atoms with Gasteiger partial charge in [0.25, 0.3) is 0 Å². The first-order chi connectivity index (χ1) is 10.6. The normalized spacial score (nSPS) is 12.8. The summed E-state index contributed by atoms with van der Waals surface area (Å²) < 4.78 is 13.2. The molecule has 0 radical (unpaired) electrons. The fourth-order valence-corrected chi connectivity index (χ4v) is 1.80. The van der Waals surface area contributed by atoms with Gasteiger partial charge < -0.3 is 14.9 Å². The van der Waals surface area contributed by atoms with Crippen LogP contribution in [-0.4, -0.2) is 35.3 Å². The molecule has 0 amide bonds. The van der Waals surface area contributed by atoms with E-state index in [0.717, 1.165) is 5.56 Å². The van der Waals surface area contributed by atoms with E-state index in [9.17, 15) is 9.90 Å². The van der Waals surface area contributed by atoms with Gasteiger partial charge in [0.15, 0.2) is 5.78 Å². The molecule has 110 valence electrons. The van der Waals surface area contributed by atoms with Gasteiger partial charge in [-0.1, -0.05) is 54.6 Å². The average molecular weight is 287 g/mol. The minimum absolute atomic E-state index is 0.0224. The molecule has 1 unspecified atom stereocenters. The van der Waals surface area contributed by atoms with Crippen LogP contribution in [0.3, 0.4) is 0 Å². The van der Waals surface area contributed by atoms with Gasteiger partial charge in [0, 0.05) is 11.1 Å². The highest BCUT2D eigenvalue weighted by Crippen LogP contribution is 2.11. The first-order valence-electron chi connectivity index (χ1n) is 7.17. The number of aliphatic hydroxyl groups is 2. The predicted molar refractivity (Wildman–Crippen MR) is 79.1 cm³/mol. The zero-order valence-electron chi connectivity index (χ0n) is 12.5. The van der Waals surface area contributed by atoms with Crippen molar-refractivity contribution < 1.29 is 21.1 Å². The van der Waals surface area contributed by atoms with Crippen LogP contribution in [0.2, 0.25) is 0 Å². The van der Waals surface area contributed by atoms with Crippen molar-refractivity contribution in [3.8, 4) is 0 Å². The maximum Gasteiger partial charge on any atom is 0.193 e. The van der Waals surface area contributed by atoms with E-state index in [0.29, 0.717) is 11.1 Å². The lowest BCUT2D eigenvalue weighted by atomic mass is 10.0. The van der Waals surface area contributed by atoms with Crippen molar-refractivity contribution in [2.45, 2.75) is 12.7 Å². The molecule has 2 N–H and O–H groups in total. The van der Waals surface area contributed by atoms with Crippen molar-refractivity contribution in [2.24, 2.45) is 0 Å². The Labute approximate surface area is 125 Å². The summed E-state index contributed by atoms with van der Waals surface area (Å²) >= 11 is 0. The van der Waals surface area contributed by atoms with Gasteiger partial charge in [-0.3, -0.25) is 4.79 Å². The Balaban J connectivity index is 2.05. The maximum atomic E-state index is 12.3. The minimum atomic E-state index is -0.908. The molecule has 2 rings (SSSR count). The first-order valence-corrected chi connectivity index (χ1v) is 6.67. The zero-order valence-corrected chi connectivity index (χ0v) is 11.5. The van der Waals surface area contributed by atoms with Gasteiger partial charge in [-0.25, -0.2) is 0 Å². The van der Waals surface area contributed by atoms with Crippen LogP contribution in [0.5, 0.6) is 0 Å². The molecule has 0 spiro atoms. The third-order valence-corrected chi connectivity index (χ3v) is 2.95. The highest BCUT2D eigenvalue weighted by Gasteiger charge is 2.08. The van der Waals surface area contributed by atoms with Crippen molar-refractivity contribution in [3.63, 3.8) is 0 Å². The average Bonchev–Trinajstić information content (AvgIpc) is 2.55. The fraction of sp³-hybridized carbons (Fsp3) is 0.235. The number of carbonyl (C=O) groups excluding carboxylic acids is 1. The summed E-state index contributed by atoms with van der Waals surface area (Å²) in [7, 11) is 0. The molecule has 0 fully saturated rings. The van der Waals surface area contributed by atoms with E-state index in [1.807, 2.05) is 6.07 Å². The summed E-state index contributed by atoms with van der Waals surface area (Å²) in [6.07, 6.45) is -0.908. The Morgan fingerprint density at radius 1 is 1.14 bits per heavy atom. The smallest absolute Gasteiger partial charge is 0.193 e. The molecule has 0 aliphatic carbocycles. The van der Waals surface area contributed by atoms with Crippen LogP contribution < -0.4 is 0 Å². The number of benzene rings is 2. The molecule has 0 heterocycles. The summed E-state index contributed by atoms with van der Waals surface area (Å²) in [5, 5.41) is 17.9. The van der Waals surface area contributed by atoms with Gasteiger partial charge in [-0.05, 0) is 5.56 Å². The summed E-state index contributed by atoms with van der Waals surface area (Å²) in [5.41, 5.74) is 1.62. The summed E-state index contributed by atoms with van der Waals surface area (Å²) in [4.78, 5) is 12.3. The number of carbonyl (C=O) groups is 1. The second-order valence-corrected chi connectivity index (χ2v) is 4.66. The van der Waals surface area contributed by atoms with E-state index in [4.69, 9.17) is 11.2 Å². The van der Waals surface area contributed by atoms with Gasteiger partial charge >= 0.3 is 0 Å². The standard InChI is InChI=1S/C17H18O4/c18-10-16(19)12-21-11-13-6-8-15(9-7-13)17(20)14-4-2-1-3-5-14/h1-9,16,18-19H,10-12H2/i8D. The molecule has 0 saturated carbocycles. The Kier molecular flexibility index (Phi) is 5.11. The molecule has 4 nitrogen and oxygen atoms in total. The van der Waals surface area contributed by atoms with E-state index in [-0.39, 0.29) is 31.6 Å². The Hall–Kier alpha value is -2.01. The highest BCUT2D eigenvalue weighted by atomic mass is 16.5. The lowest BCUT2D eigenvalue weighted by Crippen LogP contribution is -2.19. The molecule has 0 saturated heterocycles. The Morgan fingerprint density at radius 3 is 2.57 bits per heavy atom. The molecule has 0 aliphatic heterocycles. The topological polar surface area (TPSA) is 66.8 Å². The molecule has 0 aromatic heterocycles. The van der Waals surface area contributed by atoms with Crippen LogP contribution >= 0.6 is 0 Å². The van der Waals surface area contributed by atoms with E-state index in [2.05, 4.69) is 0 Å². The highest BCUT2D eigenvalue weighted by molar-refractivity contribution is 6.08. The quantitative estimate of drug-likeness (QED) is 0.762. The van der Waals surface area contributed by atoms with Crippen LogP contribution in [0.1, 0.15) is 22.9 Å². The second kappa shape index (κ2) is 7.69. The molecule has 0 aliphatic rings. The van der Waals surface area contributed by atoms with Gasteiger partial charge in [-0.15, -0.1) is 0 Å². The van der Waals surface area contributed by atoms with Crippen LogP contribution in [0.4, 0.5) is 0 Å². The summed E-state index contributed by atoms with van der Waals surface area (Å²) in [6.45, 7) is -0.120. The number of rotatable bonds is 7. The Morgan fingerprint density at radius 2 is 1.90 bits per heavy atom. The van der Waals surface area contributed by atoms with Crippen LogP contribution in [0.25, 0.3) is 0 Å². The van der Waals surface area contributed by atoms with Gasteiger partial charge in [0.1, 0.15) is 6.10 Å². The van der Waals surface area contributed by atoms with E-state index >= 15 is 0 Å². The van der Waals surface area contributed by atoms with E-state index in [1.165, 1.54) is 0 Å². The molecule has 21 heavy (non-hydrogen) atoms. The summed E-state index contributed by atoms with van der Waals surface area (Å²) in [6, 6.07) is 13.9. The number of ketones is 1. The molecule has 4 heteroatoms. The van der Waals surface area contributed by atoms with Crippen molar-refractivity contribution in [3.05, 3.63) is 71.3 Å².